The molecule has 5 heteroatoms. The Morgan fingerprint density at radius 2 is 1.47 bits per heavy atom. The van der Waals surface area contributed by atoms with Gasteiger partial charge in [0.15, 0.2) is 0 Å². The van der Waals surface area contributed by atoms with Crippen LogP contribution >= 0.6 is 0 Å². The van der Waals surface area contributed by atoms with Gasteiger partial charge in [-0.3, -0.25) is 4.90 Å². The van der Waals surface area contributed by atoms with Gasteiger partial charge in [-0.15, -0.1) is 0 Å². The Bertz CT molecular complexity index is 201. The molecule has 0 rings (SSSR count). The molecular weight excluding hydrogens is 205 g/mol. The molecule has 0 fully saturated rings. The zero-order valence-corrected chi connectivity index (χ0v) is 10.3. The fourth-order valence-electron chi connectivity index (χ4n) is 1.59. The van der Waals surface area contributed by atoms with E-state index in [-0.39, 0.29) is 12.6 Å². The molecule has 1 atom stereocenters. The van der Waals surface area contributed by atoms with Gasteiger partial charge in [0.05, 0.1) is 0 Å². The van der Waals surface area contributed by atoms with Crippen LogP contribution in [0.1, 0.15) is 20.8 Å². The summed E-state index contributed by atoms with van der Waals surface area (Å²) in [6.07, 6.45) is -4.23. The Labute approximate surface area is 90.0 Å². The molecule has 2 nitrogen and oxygen atoms in total. The van der Waals surface area contributed by atoms with Gasteiger partial charge in [0.2, 0.25) is 0 Å². The molecule has 0 aliphatic heterocycles. The van der Waals surface area contributed by atoms with Crippen LogP contribution in [0.25, 0.3) is 0 Å². The van der Waals surface area contributed by atoms with Crippen molar-refractivity contribution in [3.63, 3.8) is 0 Å². The first-order valence-corrected chi connectivity index (χ1v) is 4.96. The average molecular weight is 226 g/mol. The van der Waals surface area contributed by atoms with E-state index in [1.807, 2.05) is 0 Å². The molecule has 1 unspecified atom stereocenters. The highest BCUT2D eigenvalue weighted by molar-refractivity contribution is 4.95. The molecule has 0 aromatic carbocycles. The largest absolute Gasteiger partial charge is 0.407 e. The Kier molecular flexibility index (Phi) is 4.61. The number of hydrogen-bond donors (Lipinski definition) is 0. The van der Waals surface area contributed by atoms with Crippen LogP contribution in [0.2, 0.25) is 0 Å². The highest BCUT2D eigenvalue weighted by atomic mass is 19.4. The fourth-order valence-corrected chi connectivity index (χ4v) is 1.59. The number of likely N-dealkylation sites (N-methyl/N-ethyl adjacent to an activating group) is 2. The Morgan fingerprint density at radius 3 is 1.67 bits per heavy atom. The summed E-state index contributed by atoms with van der Waals surface area (Å²) in [5.74, 6) is 0. The average Bonchev–Trinajstić information content (AvgIpc) is 1.99. The van der Waals surface area contributed by atoms with Gasteiger partial charge in [-0.05, 0) is 41.9 Å². The second-order valence-electron chi connectivity index (χ2n) is 4.71. The minimum atomic E-state index is -4.23. The van der Waals surface area contributed by atoms with Gasteiger partial charge in [-0.25, -0.2) is 0 Å². The van der Waals surface area contributed by atoms with Crippen molar-refractivity contribution in [2.75, 3.05) is 27.7 Å². The lowest BCUT2D eigenvalue weighted by molar-refractivity contribution is -0.231. The highest BCUT2D eigenvalue weighted by Crippen LogP contribution is 2.35. The predicted octanol–water partition coefficient (Wildman–Crippen LogP) is 2.21. The molecule has 0 aromatic rings. The van der Waals surface area contributed by atoms with Crippen molar-refractivity contribution >= 4 is 0 Å². The smallest absolute Gasteiger partial charge is 0.307 e. The third-order valence-corrected chi connectivity index (χ3v) is 2.79. The van der Waals surface area contributed by atoms with Crippen molar-refractivity contribution < 1.29 is 13.2 Å². The molecule has 0 spiro atoms. The lowest BCUT2D eigenvalue weighted by Gasteiger charge is -2.44. The fraction of sp³-hybridized carbons (Fsp3) is 1.00. The minimum absolute atomic E-state index is 0.0365. The molecule has 0 aromatic heterocycles. The van der Waals surface area contributed by atoms with Crippen molar-refractivity contribution in [2.45, 2.75) is 38.5 Å². The maximum atomic E-state index is 13.0. The second kappa shape index (κ2) is 4.70. The number of hydrogen-bond acceptors (Lipinski definition) is 2. The van der Waals surface area contributed by atoms with E-state index in [2.05, 4.69) is 0 Å². The number of alkyl halides is 3. The normalized spacial score (nSPS) is 17.6. The zero-order valence-electron chi connectivity index (χ0n) is 10.3. The SMILES string of the molecule is CC(C)N(C)C(C)(CN(C)C)C(F)(F)F. The summed E-state index contributed by atoms with van der Waals surface area (Å²) < 4.78 is 39.0. The standard InChI is InChI=1S/C10H21F3N2/c1-8(2)15(6)9(3,7-14(4)5)10(11,12)13/h8H,7H2,1-6H3. The highest BCUT2D eigenvalue weighted by Gasteiger charge is 2.54. The summed E-state index contributed by atoms with van der Waals surface area (Å²) in [5.41, 5.74) is -1.80. The van der Waals surface area contributed by atoms with Crippen molar-refractivity contribution in [3.05, 3.63) is 0 Å². The van der Waals surface area contributed by atoms with Gasteiger partial charge in [-0.2, -0.15) is 13.2 Å². The van der Waals surface area contributed by atoms with E-state index in [0.29, 0.717) is 0 Å². The first-order chi connectivity index (χ1) is 6.52. The first kappa shape index (κ1) is 14.7. The maximum absolute atomic E-state index is 13.0. The van der Waals surface area contributed by atoms with Crippen LogP contribution in [0.15, 0.2) is 0 Å². The van der Waals surface area contributed by atoms with Crippen molar-refractivity contribution in [1.82, 2.24) is 9.80 Å². The van der Waals surface area contributed by atoms with Crippen LogP contribution in [0.5, 0.6) is 0 Å². The molecule has 0 saturated carbocycles. The topological polar surface area (TPSA) is 6.48 Å². The van der Waals surface area contributed by atoms with E-state index in [0.717, 1.165) is 0 Å². The third-order valence-electron chi connectivity index (χ3n) is 2.79. The van der Waals surface area contributed by atoms with E-state index < -0.39 is 11.7 Å². The molecule has 15 heavy (non-hydrogen) atoms. The van der Waals surface area contributed by atoms with Gasteiger partial charge in [-0.1, -0.05) is 0 Å². The molecule has 0 bridgehead atoms. The summed E-state index contributed by atoms with van der Waals surface area (Å²) >= 11 is 0. The summed E-state index contributed by atoms with van der Waals surface area (Å²) in [7, 11) is 4.82. The van der Waals surface area contributed by atoms with E-state index in [9.17, 15) is 13.2 Å². The number of halogens is 3. The van der Waals surface area contributed by atoms with Gasteiger partial charge in [0.25, 0.3) is 0 Å². The van der Waals surface area contributed by atoms with Gasteiger partial charge in [0.1, 0.15) is 5.54 Å². The molecule has 0 amide bonds. The van der Waals surface area contributed by atoms with Crippen molar-refractivity contribution in [3.8, 4) is 0 Å². The van der Waals surface area contributed by atoms with Gasteiger partial charge >= 0.3 is 6.18 Å². The van der Waals surface area contributed by atoms with Gasteiger partial charge < -0.3 is 4.90 Å². The van der Waals surface area contributed by atoms with Crippen LogP contribution in [-0.2, 0) is 0 Å². The monoisotopic (exact) mass is 226 g/mol. The Morgan fingerprint density at radius 1 is 1.07 bits per heavy atom. The molecular formula is C10H21F3N2. The Hall–Kier alpha value is -0.290. The van der Waals surface area contributed by atoms with Crippen LogP contribution in [0, 0.1) is 0 Å². The van der Waals surface area contributed by atoms with Crippen LogP contribution in [0.3, 0.4) is 0 Å². The third kappa shape index (κ3) is 3.34. The van der Waals surface area contributed by atoms with Crippen molar-refractivity contribution in [2.24, 2.45) is 0 Å². The first-order valence-electron chi connectivity index (χ1n) is 4.96. The molecule has 0 aliphatic rings. The van der Waals surface area contributed by atoms with Crippen LogP contribution in [-0.4, -0.2) is 55.2 Å². The van der Waals surface area contributed by atoms with Crippen LogP contribution in [0.4, 0.5) is 13.2 Å². The molecule has 0 N–H and O–H groups in total. The summed E-state index contributed by atoms with van der Waals surface area (Å²) in [6, 6.07) is -0.142. The summed E-state index contributed by atoms with van der Waals surface area (Å²) in [4.78, 5) is 2.93. The van der Waals surface area contributed by atoms with E-state index in [1.165, 1.54) is 18.9 Å². The van der Waals surface area contributed by atoms with Gasteiger partial charge in [0, 0.05) is 12.6 Å². The zero-order chi connectivity index (χ0) is 12.4. The van der Waals surface area contributed by atoms with E-state index >= 15 is 0 Å². The summed E-state index contributed by atoms with van der Waals surface area (Å²) in [6.45, 7) is 4.73. The number of rotatable bonds is 4. The van der Waals surface area contributed by atoms with E-state index in [1.54, 1.807) is 32.8 Å². The molecule has 0 aliphatic carbocycles. The van der Waals surface area contributed by atoms with Crippen LogP contribution < -0.4 is 0 Å². The molecule has 0 radical (unpaired) electrons. The lowest BCUT2D eigenvalue weighted by Crippen LogP contribution is -2.62. The summed E-state index contributed by atoms with van der Waals surface area (Å²) in [5, 5.41) is 0. The maximum Gasteiger partial charge on any atom is 0.407 e. The van der Waals surface area contributed by atoms with E-state index in [4.69, 9.17) is 0 Å². The molecule has 0 saturated heterocycles. The quantitative estimate of drug-likeness (QED) is 0.725. The van der Waals surface area contributed by atoms with Crippen molar-refractivity contribution in [1.29, 1.82) is 0 Å². The molecule has 92 valence electrons. The molecule has 0 heterocycles. The minimum Gasteiger partial charge on any atom is -0.307 e. The Balaban J connectivity index is 5.03. The lowest BCUT2D eigenvalue weighted by atomic mass is 9.97. The predicted molar refractivity (Wildman–Crippen MR) is 55.9 cm³/mol. The number of nitrogens with zero attached hydrogens (tertiary/aromatic N) is 2. The second-order valence-corrected chi connectivity index (χ2v) is 4.71.